The van der Waals surface area contributed by atoms with Gasteiger partial charge in [-0.3, -0.25) is 4.90 Å². The molecule has 1 saturated heterocycles. The first-order valence-electron chi connectivity index (χ1n) is 5.90. The first-order chi connectivity index (χ1) is 6.48. The Bertz CT molecular complexity index is 212. The van der Waals surface area contributed by atoms with Crippen molar-refractivity contribution in [3.05, 3.63) is 0 Å². The van der Waals surface area contributed by atoms with E-state index in [0.717, 1.165) is 18.3 Å². The fourth-order valence-electron chi connectivity index (χ4n) is 3.08. The molecule has 0 aromatic carbocycles. The van der Waals surface area contributed by atoms with Crippen LogP contribution in [-0.4, -0.2) is 35.2 Å². The summed E-state index contributed by atoms with van der Waals surface area (Å²) in [5.41, 5.74) is 0.591. The number of aliphatic hydroxyl groups excluding tert-OH is 1. The van der Waals surface area contributed by atoms with Crippen molar-refractivity contribution >= 4 is 0 Å². The van der Waals surface area contributed by atoms with Crippen LogP contribution in [0.1, 0.15) is 34.1 Å². The zero-order valence-electron chi connectivity index (χ0n) is 9.83. The predicted octanol–water partition coefficient (Wildman–Crippen LogP) is 1.73. The van der Waals surface area contributed by atoms with Crippen LogP contribution in [0.3, 0.4) is 0 Å². The van der Waals surface area contributed by atoms with Crippen molar-refractivity contribution in [1.82, 2.24) is 4.90 Å². The van der Waals surface area contributed by atoms with Crippen LogP contribution in [0.15, 0.2) is 0 Å². The molecule has 0 amide bonds. The van der Waals surface area contributed by atoms with E-state index < -0.39 is 0 Å². The third-order valence-electron chi connectivity index (χ3n) is 4.70. The molecule has 14 heavy (non-hydrogen) atoms. The molecule has 2 rings (SSSR count). The van der Waals surface area contributed by atoms with Crippen LogP contribution in [0, 0.1) is 17.3 Å². The molecule has 0 aromatic heterocycles. The number of rotatable bonds is 3. The number of fused-ring (bicyclic) bond motifs is 1. The van der Waals surface area contributed by atoms with Gasteiger partial charge in [-0.15, -0.1) is 0 Å². The number of likely N-dealkylation sites (tertiary alicyclic amines) is 1. The van der Waals surface area contributed by atoms with E-state index in [1.54, 1.807) is 0 Å². The number of hydrogen-bond acceptors (Lipinski definition) is 2. The van der Waals surface area contributed by atoms with Crippen molar-refractivity contribution in [2.45, 2.75) is 46.3 Å². The van der Waals surface area contributed by atoms with E-state index in [2.05, 4.69) is 32.6 Å². The normalized spacial score (nSPS) is 39.2. The van der Waals surface area contributed by atoms with E-state index in [0.29, 0.717) is 11.5 Å². The lowest BCUT2D eigenvalue weighted by atomic mass is 10.0. The summed E-state index contributed by atoms with van der Waals surface area (Å²) in [5.74, 6) is 1.79. The van der Waals surface area contributed by atoms with Crippen LogP contribution in [0.5, 0.6) is 0 Å². The highest BCUT2D eigenvalue weighted by Gasteiger charge is 2.62. The van der Waals surface area contributed by atoms with Crippen LogP contribution in [0.2, 0.25) is 0 Å². The monoisotopic (exact) mass is 197 g/mol. The Morgan fingerprint density at radius 3 is 2.29 bits per heavy atom. The molecule has 1 aliphatic carbocycles. The second-order valence-electron chi connectivity index (χ2n) is 5.70. The first-order valence-corrected chi connectivity index (χ1v) is 5.90. The van der Waals surface area contributed by atoms with Crippen LogP contribution in [0.4, 0.5) is 0 Å². The molecule has 2 aliphatic rings. The molecule has 4 unspecified atom stereocenters. The van der Waals surface area contributed by atoms with E-state index in [4.69, 9.17) is 0 Å². The molecular formula is C12H23NO. The van der Waals surface area contributed by atoms with E-state index in [-0.39, 0.29) is 6.10 Å². The lowest BCUT2D eigenvalue weighted by molar-refractivity contribution is 0.0568. The predicted molar refractivity (Wildman–Crippen MR) is 58.1 cm³/mol. The van der Waals surface area contributed by atoms with Gasteiger partial charge in [0.25, 0.3) is 0 Å². The minimum atomic E-state index is -0.143. The highest BCUT2D eigenvalue weighted by Crippen LogP contribution is 2.62. The number of nitrogens with zero attached hydrogens (tertiary/aromatic N) is 1. The Morgan fingerprint density at radius 2 is 1.86 bits per heavy atom. The number of piperidine rings is 1. The number of hydrogen-bond donors (Lipinski definition) is 1. The van der Waals surface area contributed by atoms with Gasteiger partial charge in [0.1, 0.15) is 0 Å². The molecule has 0 aromatic rings. The molecule has 82 valence electrons. The zero-order valence-corrected chi connectivity index (χ0v) is 9.83. The molecule has 1 saturated carbocycles. The van der Waals surface area contributed by atoms with Gasteiger partial charge in [0.15, 0.2) is 0 Å². The van der Waals surface area contributed by atoms with Crippen molar-refractivity contribution < 1.29 is 5.11 Å². The van der Waals surface area contributed by atoms with Crippen molar-refractivity contribution in [3.63, 3.8) is 0 Å². The summed E-state index contributed by atoms with van der Waals surface area (Å²) >= 11 is 0. The molecule has 2 heteroatoms. The van der Waals surface area contributed by atoms with E-state index in [1.807, 2.05) is 0 Å². The van der Waals surface area contributed by atoms with E-state index >= 15 is 0 Å². The maximum Gasteiger partial charge on any atom is 0.0690 e. The van der Waals surface area contributed by atoms with Crippen LogP contribution in [0.25, 0.3) is 0 Å². The highest BCUT2D eigenvalue weighted by atomic mass is 16.3. The van der Waals surface area contributed by atoms with Gasteiger partial charge in [0.05, 0.1) is 6.10 Å². The maximum atomic E-state index is 9.78. The second-order valence-corrected chi connectivity index (χ2v) is 5.70. The third-order valence-corrected chi connectivity index (χ3v) is 4.70. The Morgan fingerprint density at radius 1 is 1.36 bits per heavy atom. The summed E-state index contributed by atoms with van der Waals surface area (Å²) in [6.45, 7) is 11.4. The maximum absolute atomic E-state index is 9.78. The minimum Gasteiger partial charge on any atom is -0.392 e. The Labute approximate surface area is 87.3 Å². The molecule has 0 spiro atoms. The van der Waals surface area contributed by atoms with Crippen LogP contribution in [-0.2, 0) is 0 Å². The Balaban J connectivity index is 1.88. The molecule has 0 radical (unpaired) electrons. The molecule has 0 bridgehead atoms. The molecule has 2 fully saturated rings. The molecule has 1 heterocycles. The van der Waals surface area contributed by atoms with Gasteiger partial charge < -0.3 is 5.11 Å². The quantitative estimate of drug-likeness (QED) is 0.745. The lowest BCUT2D eigenvalue weighted by Gasteiger charge is -2.31. The van der Waals surface area contributed by atoms with Gasteiger partial charge in [-0.25, -0.2) is 0 Å². The van der Waals surface area contributed by atoms with Crippen LogP contribution >= 0.6 is 0 Å². The topological polar surface area (TPSA) is 23.5 Å². The van der Waals surface area contributed by atoms with Crippen LogP contribution < -0.4 is 0 Å². The summed E-state index contributed by atoms with van der Waals surface area (Å²) in [6, 6.07) is 0.351. The average Bonchev–Trinajstić information content (AvgIpc) is 2.60. The summed E-state index contributed by atoms with van der Waals surface area (Å²) in [4.78, 5) is 2.47. The summed E-state index contributed by atoms with van der Waals surface area (Å²) in [6.07, 6.45) is 0.728. The summed E-state index contributed by atoms with van der Waals surface area (Å²) < 4.78 is 0. The van der Waals surface area contributed by atoms with Crippen molar-refractivity contribution in [1.29, 1.82) is 0 Å². The van der Waals surface area contributed by atoms with Gasteiger partial charge in [0, 0.05) is 19.1 Å². The highest BCUT2D eigenvalue weighted by molar-refractivity contribution is 5.12. The second kappa shape index (κ2) is 3.21. The molecule has 4 atom stereocenters. The van der Waals surface area contributed by atoms with Gasteiger partial charge in [-0.2, -0.15) is 0 Å². The molecule has 2 nitrogen and oxygen atoms in total. The summed E-state index contributed by atoms with van der Waals surface area (Å²) in [5, 5.41) is 9.78. The molecular weight excluding hydrogens is 174 g/mol. The van der Waals surface area contributed by atoms with Gasteiger partial charge in [-0.1, -0.05) is 20.8 Å². The lowest BCUT2D eigenvalue weighted by Crippen LogP contribution is -2.42. The van der Waals surface area contributed by atoms with Crippen molar-refractivity contribution in [3.8, 4) is 0 Å². The molecule has 1 aliphatic heterocycles. The van der Waals surface area contributed by atoms with Gasteiger partial charge in [-0.05, 0) is 30.6 Å². The first kappa shape index (κ1) is 10.4. The number of aliphatic hydroxyl groups is 1. The summed E-state index contributed by atoms with van der Waals surface area (Å²) in [7, 11) is 0. The third kappa shape index (κ3) is 1.40. The van der Waals surface area contributed by atoms with Crippen molar-refractivity contribution in [2.24, 2.45) is 17.3 Å². The van der Waals surface area contributed by atoms with Crippen molar-refractivity contribution in [2.75, 3.05) is 13.1 Å². The molecule has 1 N–H and O–H groups in total. The standard InChI is InChI=1S/C12H23NO/c1-5-11(14)8(2)13-6-9-10(7-13)12(9,3)4/h8-11,14H,5-7H2,1-4H3. The minimum absolute atomic E-state index is 0.143. The SMILES string of the molecule is CCC(O)C(C)N1CC2C(C1)C2(C)C. The Kier molecular flexibility index (Phi) is 2.39. The average molecular weight is 197 g/mol. The fourth-order valence-corrected chi connectivity index (χ4v) is 3.08. The van der Waals surface area contributed by atoms with Gasteiger partial charge >= 0.3 is 0 Å². The van der Waals surface area contributed by atoms with E-state index in [1.165, 1.54) is 13.1 Å². The van der Waals surface area contributed by atoms with E-state index in [9.17, 15) is 5.11 Å². The van der Waals surface area contributed by atoms with Gasteiger partial charge in [0.2, 0.25) is 0 Å². The smallest absolute Gasteiger partial charge is 0.0690 e. The zero-order chi connectivity index (χ0) is 10.5. The Hall–Kier alpha value is -0.0800. The fraction of sp³-hybridized carbons (Fsp3) is 1.00. The largest absolute Gasteiger partial charge is 0.392 e.